The normalized spacial score (nSPS) is 12.2. The molecule has 2 heterocycles. The number of hydrogen-bond acceptors (Lipinski definition) is 6. The summed E-state index contributed by atoms with van der Waals surface area (Å²) in [5, 5.41) is 11.1. The second kappa shape index (κ2) is 9.03. The lowest BCUT2D eigenvalue weighted by Gasteiger charge is -2.24. The topological polar surface area (TPSA) is 67.6 Å². The molecule has 28 heavy (non-hydrogen) atoms. The zero-order valence-electron chi connectivity index (χ0n) is 16.6. The molecule has 1 atom stereocenters. The third-order valence-corrected chi connectivity index (χ3v) is 5.37. The highest BCUT2D eigenvalue weighted by atomic mass is 32.1. The summed E-state index contributed by atoms with van der Waals surface area (Å²) in [7, 11) is 4.02. The summed E-state index contributed by atoms with van der Waals surface area (Å²) < 4.78 is 11.0. The first-order valence-corrected chi connectivity index (χ1v) is 10.0. The largest absolute Gasteiger partial charge is 0.489 e. The Balaban J connectivity index is 1.62. The Morgan fingerprint density at radius 3 is 2.79 bits per heavy atom. The van der Waals surface area contributed by atoms with Crippen molar-refractivity contribution in [2.75, 3.05) is 20.6 Å². The third kappa shape index (κ3) is 4.79. The summed E-state index contributed by atoms with van der Waals surface area (Å²) in [6, 6.07) is 9.41. The number of aromatic nitrogens is 1. The van der Waals surface area contributed by atoms with Crippen LogP contribution in [0, 0.1) is 13.8 Å². The van der Waals surface area contributed by atoms with Gasteiger partial charge in [-0.1, -0.05) is 11.2 Å². The molecular formula is C21H25N3O3S. The zero-order chi connectivity index (χ0) is 20.1. The second-order valence-corrected chi connectivity index (χ2v) is 7.65. The van der Waals surface area contributed by atoms with E-state index in [2.05, 4.69) is 26.8 Å². The maximum absolute atomic E-state index is 12.6. The lowest BCUT2D eigenvalue weighted by Crippen LogP contribution is -2.34. The molecular weight excluding hydrogens is 374 g/mol. The Labute approximate surface area is 169 Å². The number of hydrogen-bond donors (Lipinski definition) is 1. The van der Waals surface area contributed by atoms with Gasteiger partial charge >= 0.3 is 0 Å². The van der Waals surface area contributed by atoms with E-state index in [1.165, 1.54) is 5.56 Å². The number of benzene rings is 1. The SMILES string of the molecule is Cc1noc(C)c1COc1cccc(C(=O)NCC(c2ccsc2)N(C)C)c1. The Morgan fingerprint density at radius 1 is 1.32 bits per heavy atom. The van der Waals surface area contributed by atoms with Gasteiger partial charge in [-0.3, -0.25) is 4.79 Å². The van der Waals surface area contributed by atoms with Crippen LogP contribution < -0.4 is 10.1 Å². The molecule has 1 amide bonds. The van der Waals surface area contributed by atoms with Crippen LogP contribution >= 0.6 is 11.3 Å². The van der Waals surface area contributed by atoms with Crippen molar-refractivity contribution < 1.29 is 14.1 Å². The minimum absolute atomic E-state index is 0.120. The van der Waals surface area contributed by atoms with Crippen molar-refractivity contribution in [3.05, 3.63) is 69.2 Å². The Kier molecular flexibility index (Phi) is 6.49. The lowest BCUT2D eigenvalue weighted by molar-refractivity contribution is 0.0941. The van der Waals surface area contributed by atoms with Crippen molar-refractivity contribution in [1.29, 1.82) is 0 Å². The van der Waals surface area contributed by atoms with Crippen LogP contribution in [-0.4, -0.2) is 36.6 Å². The third-order valence-electron chi connectivity index (χ3n) is 4.67. The molecule has 1 aromatic carbocycles. The minimum Gasteiger partial charge on any atom is -0.489 e. The fourth-order valence-corrected chi connectivity index (χ4v) is 3.65. The molecule has 1 unspecified atom stereocenters. The molecule has 3 aromatic rings. The molecule has 0 aliphatic rings. The van der Waals surface area contributed by atoms with E-state index in [1.54, 1.807) is 23.5 Å². The molecule has 0 radical (unpaired) electrons. The van der Waals surface area contributed by atoms with E-state index < -0.39 is 0 Å². The van der Waals surface area contributed by atoms with Crippen molar-refractivity contribution >= 4 is 17.2 Å². The number of carbonyl (C=O) groups excluding carboxylic acids is 1. The van der Waals surface area contributed by atoms with E-state index in [4.69, 9.17) is 9.26 Å². The molecule has 0 bridgehead atoms. The average Bonchev–Trinajstić information content (AvgIpc) is 3.31. The number of thiophene rings is 1. The highest BCUT2D eigenvalue weighted by Crippen LogP contribution is 2.21. The van der Waals surface area contributed by atoms with Gasteiger partial charge in [-0.05, 0) is 68.5 Å². The van der Waals surface area contributed by atoms with Crippen LogP contribution in [-0.2, 0) is 6.61 Å². The summed E-state index contributed by atoms with van der Waals surface area (Å²) in [6.07, 6.45) is 0. The van der Waals surface area contributed by atoms with Gasteiger partial charge in [-0.2, -0.15) is 11.3 Å². The Morgan fingerprint density at radius 2 is 2.14 bits per heavy atom. The Bertz CT molecular complexity index is 899. The van der Waals surface area contributed by atoms with Crippen LogP contribution in [0.25, 0.3) is 0 Å². The smallest absolute Gasteiger partial charge is 0.251 e. The molecule has 2 aromatic heterocycles. The fraction of sp³-hybridized carbons (Fsp3) is 0.333. The molecule has 3 rings (SSSR count). The number of ether oxygens (including phenoxy) is 1. The molecule has 1 N–H and O–H groups in total. The van der Waals surface area contributed by atoms with Crippen LogP contribution in [0.2, 0.25) is 0 Å². The first-order chi connectivity index (χ1) is 13.5. The van der Waals surface area contributed by atoms with Crippen molar-refractivity contribution in [3.8, 4) is 5.75 Å². The van der Waals surface area contributed by atoms with Crippen LogP contribution in [0.4, 0.5) is 0 Å². The second-order valence-electron chi connectivity index (χ2n) is 6.87. The number of carbonyl (C=O) groups is 1. The maximum Gasteiger partial charge on any atom is 0.251 e. The Hall–Kier alpha value is -2.64. The zero-order valence-corrected chi connectivity index (χ0v) is 17.4. The average molecular weight is 400 g/mol. The van der Waals surface area contributed by atoms with Gasteiger partial charge in [-0.15, -0.1) is 0 Å². The van der Waals surface area contributed by atoms with Gasteiger partial charge in [-0.25, -0.2) is 0 Å². The molecule has 7 heteroatoms. The van der Waals surface area contributed by atoms with Crippen molar-refractivity contribution in [2.24, 2.45) is 0 Å². The molecule has 0 spiro atoms. The van der Waals surface area contributed by atoms with Crippen molar-refractivity contribution in [3.63, 3.8) is 0 Å². The van der Waals surface area contributed by atoms with Gasteiger partial charge in [0.1, 0.15) is 18.1 Å². The molecule has 0 aliphatic carbocycles. The summed E-state index contributed by atoms with van der Waals surface area (Å²) in [6.45, 7) is 4.63. The molecule has 0 fully saturated rings. The van der Waals surface area contributed by atoms with E-state index in [0.29, 0.717) is 24.5 Å². The quantitative estimate of drug-likeness (QED) is 0.621. The van der Waals surface area contributed by atoms with Crippen LogP contribution in [0.3, 0.4) is 0 Å². The highest BCUT2D eigenvalue weighted by Gasteiger charge is 2.17. The van der Waals surface area contributed by atoms with E-state index in [1.807, 2.05) is 45.5 Å². The van der Waals surface area contributed by atoms with Gasteiger partial charge in [0.25, 0.3) is 5.91 Å². The summed E-state index contributed by atoms with van der Waals surface area (Å²) >= 11 is 1.66. The van der Waals surface area contributed by atoms with Crippen LogP contribution in [0.1, 0.15) is 39.0 Å². The number of rotatable bonds is 8. The molecule has 0 aliphatic heterocycles. The molecule has 148 valence electrons. The maximum atomic E-state index is 12.6. The van der Waals surface area contributed by atoms with Crippen molar-refractivity contribution in [1.82, 2.24) is 15.4 Å². The predicted molar refractivity (Wildman–Crippen MR) is 110 cm³/mol. The van der Waals surface area contributed by atoms with E-state index in [0.717, 1.165) is 17.0 Å². The first-order valence-electron chi connectivity index (χ1n) is 9.07. The van der Waals surface area contributed by atoms with Gasteiger partial charge in [0, 0.05) is 12.1 Å². The summed E-state index contributed by atoms with van der Waals surface area (Å²) in [5.74, 6) is 1.26. The molecule has 0 saturated carbocycles. The standard InChI is InChI=1S/C21H25N3O3S/c1-14-19(15(2)27-23-14)12-26-18-7-5-6-16(10-18)21(25)22-11-20(24(3)4)17-8-9-28-13-17/h5-10,13,20H,11-12H2,1-4H3,(H,22,25). The summed E-state index contributed by atoms with van der Waals surface area (Å²) in [4.78, 5) is 14.7. The van der Waals surface area contributed by atoms with Gasteiger partial charge < -0.3 is 19.5 Å². The van der Waals surface area contributed by atoms with Gasteiger partial charge in [0.15, 0.2) is 0 Å². The highest BCUT2D eigenvalue weighted by molar-refractivity contribution is 7.07. The monoisotopic (exact) mass is 399 g/mol. The van der Waals surface area contributed by atoms with Gasteiger partial charge in [0.05, 0.1) is 17.3 Å². The van der Waals surface area contributed by atoms with E-state index >= 15 is 0 Å². The first kappa shape index (κ1) is 20.1. The molecule has 0 saturated heterocycles. The van der Waals surface area contributed by atoms with E-state index in [9.17, 15) is 4.79 Å². The lowest BCUT2D eigenvalue weighted by atomic mass is 10.1. The molecule has 6 nitrogen and oxygen atoms in total. The van der Waals surface area contributed by atoms with E-state index in [-0.39, 0.29) is 11.9 Å². The number of likely N-dealkylation sites (N-methyl/N-ethyl adjacent to an activating group) is 1. The van der Waals surface area contributed by atoms with Crippen LogP contribution in [0.5, 0.6) is 5.75 Å². The number of nitrogens with one attached hydrogen (secondary N) is 1. The number of aryl methyl sites for hydroxylation is 2. The van der Waals surface area contributed by atoms with Gasteiger partial charge in [0.2, 0.25) is 0 Å². The number of amides is 1. The fourth-order valence-electron chi connectivity index (χ4n) is 2.95. The minimum atomic E-state index is -0.120. The number of nitrogens with zero attached hydrogens (tertiary/aromatic N) is 2. The van der Waals surface area contributed by atoms with Crippen LogP contribution in [0.15, 0.2) is 45.6 Å². The van der Waals surface area contributed by atoms with Crippen molar-refractivity contribution in [2.45, 2.75) is 26.5 Å². The predicted octanol–water partition coefficient (Wildman–Crippen LogP) is 3.96. The summed E-state index contributed by atoms with van der Waals surface area (Å²) in [5.41, 5.74) is 3.51.